The monoisotopic (exact) mass is 359 g/mol. The average molecular weight is 360 g/mol. The van der Waals surface area contributed by atoms with Crippen LogP contribution in [-0.2, 0) is 4.74 Å². The number of halogens is 2. The number of aliphatic hydroxyl groups is 2. The smallest absolute Gasteiger partial charge is 0.207 e. The first-order valence-electron chi connectivity index (χ1n) is 6.98. The standard InChI is InChI=1S/C15H15Cl2NO5/c1-22-15-8(5-19)7-2-9(16)10(17)3-11(7)18(15)14-4-12(21)13(6-20)23-14/h2-3,5,12-14,20-21H,4,6H2,1H3/t12-,13+,14+/m0/s1. The zero-order chi connectivity index (χ0) is 16.7. The summed E-state index contributed by atoms with van der Waals surface area (Å²) in [6.07, 6.45) is -1.16. The van der Waals surface area contributed by atoms with Crippen molar-refractivity contribution in [1.82, 2.24) is 4.57 Å². The van der Waals surface area contributed by atoms with Crippen LogP contribution in [0.15, 0.2) is 12.1 Å². The highest BCUT2D eigenvalue weighted by Gasteiger charge is 2.37. The van der Waals surface area contributed by atoms with Crippen molar-refractivity contribution in [2.24, 2.45) is 0 Å². The number of hydrogen-bond acceptors (Lipinski definition) is 5. The van der Waals surface area contributed by atoms with Crippen molar-refractivity contribution in [2.75, 3.05) is 13.7 Å². The Kier molecular flexibility index (Phi) is 4.53. The van der Waals surface area contributed by atoms with E-state index in [1.54, 1.807) is 16.7 Å². The molecule has 2 aromatic rings. The van der Waals surface area contributed by atoms with E-state index < -0.39 is 18.4 Å². The maximum absolute atomic E-state index is 11.5. The summed E-state index contributed by atoms with van der Waals surface area (Å²) in [7, 11) is 1.44. The molecule has 2 N–H and O–H groups in total. The van der Waals surface area contributed by atoms with E-state index in [1.807, 2.05) is 0 Å². The molecule has 8 heteroatoms. The maximum atomic E-state index is 11.5. The van der Waals surface area contributed by atoms with Gasteiger partial charge in [-0.2, -0.15) is 0 Å². The summed E-state index contributed by atoms with van der Waals surface area (Å²) in [4.78, 5) is 11.5. The molecule has 0 radical (unpaired) electrons. The lowest BCUT2D eigenvalue weighted by Crippen LogP contribution is -2.24. The Balaban J connectivity index is 2.23. The molecule has 124 valence electrons. The van der Waals surface area contributed by atoms with Crippen LogP contribution in [0.4, 0.5) is 0 Å². The molecule has 3 rings (SSSR count). The number of methoxy groups -OCH3 is 1. The van der Waals surface area contributed by atoms with Gasteiger partial charge in [0.1, 0.15) is 12.3 Å². The number of aromatic nitrogens is 1. The molecule has 0 amide bonds. The highest BCUT2D eigenvalue weighted by molar-refractivity contribution is 6.43. The van der Waals surface area contributed by atoms with Crippen molar-refractivity contribution in [2.45, 2.75) is 24.9 Å². The SMILES string of the molecule is COc1c(C=O)c2cc(Cl)c(Cl)cc2n1[C@H]1C[C@H](O)[C@@H](CO)O1. The minimum Gasteiger partial charge on any atom is -0.482 e. The number of carbonyl (C=O) groups excluding carboxylic acids is 1. The van der Waals surface area contributed by atoms with E-state index in [4.69, 9.17) is 32.7 Å². The van der Waals surface area contributed by atoms with Gasteiger partial charge in [0.25, 0.3) is 0 Å². The maximum Gasteiger partial charge on any atom is 0.207 e. The Labute approximate surface area is 142 Å². The van der Waals surface area contributed by atoms with E-state index in [-0.39, 0.29) is 13.0 Å². The Morgan fingerprint density at radius 2 is 2.13 bits per heavy atom. The van der Waals surface area contributed by atoms with E-state index in [9.17, 15) is 15.0 Å². The average Bonchev–Trinajstić information content (AvgIpc) is 3.04. The lowest BCUT2D eigenvalue weighted by atomic mass is 10.2. The molecule has 1 aromatic heterocycles. The Morgan fingerprint density at radius 1 is 1.43 bits per heavy atom. The topological polar surface area (TPSA) is 80.9 Å². The quantitative estimate of drug-likeness (QED) is 0.819. The fraction of sp³-hybridized carbons (Fsp3) is 0.400. The summed E-state index contributed by atoms with van der Waals surface area (Å²) in [5.41, 5.74) is 0.931. The zero-order valence-corrected chi connectivity index (χ0v) is 13.7. The van der Waals surface area contributed by atoms with E-state index in [2.05, 4.69) is 0 Å². The first kappa shape index (κ1) is 16.5. The van der Waals surface area contributed by atoms with Crippen molar-refractivity contribution < 1.29 is 24.5 Å². The molecule has 0 aliphatic carbocycles. The summed E-state index contributed by atoms with van der Waals surface area (Å²) in [6, 6.07) is 3.22. The zero-order valence-electron chi connectivity index (χ0n) is 12.2. The molecule has 1 aromatic carbocycles. The van der Waals surface area contributed by atoms with Gasteiger partial charge in [0.15, 0.2) is 6.29 Å². The molecule has 1 fully saturated rings. The van der Waals surface area contributed by atoms with Gasteiger partial charge in [-0.3, -0.25) is 9.36 Å². The molecular formula is C15H15Cl2NO5. The van der Waals surface area contributed by atoms with Crippen molar-refractivity contribution in [1.29, 1.82) is 0 Å². The second-order valence-electron chi connectivity index (χ2n) is 5.31. The predicted octanol–water partition coefficient (Wildman–Crippen LogP) is 2.41. The van der Waals surface area contributed by atoms with Crippen LogP contribution in [0.5, 0.6) is 5.88 Å². The molecule has 23 heavy (non-hydrogen) atoms. The Hall–Kier alpha value is -1.31. The number of aliphatic hydroxyl groups excluding tert-OH is 2. The molecule has 0 bridgehead atoms. The molecule has 2 heterocycles. The van der Waals surface area contributed by atoms with Crippen LogP contribution in [0.2, 0.25) is 10.0 Å². The molecule has 6 nitrogen and oxygen atoms in total. The summed E-state index contributed by atoms with van der Waals surface area (Å²) >= 11 is 12.1. The molecule has 0 unspecified atom stereocenters. The van der Waals surface area contributed by atoms with E-state index >= 15 is 0 Å². The van der Waals surface area contributed by atoms with Crippen LogP contribution in [0.3, 0.4) is 0 Å². The lowest BCUT2D eigenvalue weighted by Gasteiger charge is -2.17. The third kappa shape index (κ3) is 2.60. The highest BCUT2D eigenvalue weighted by Crippen LogP contribution is 2.41. The van der Waals surface area contributed by atoms with Gasteiger partial charge in [0.05, 0.1) is 40.9 Å². The van der Waals surface area contributed by atoms with Gasteiger partial charge in [-0.25, -0.2) is 0 Å². The molecule has 0 spiro atoms. The summed E-state index contributed by atoms with van der Waals surface area (Å²) in [6.45, 7) is -0.299. The number of hydrogen-bond donors (Lipinski definition) is 2. The van der Waals surface area contributed by atoms with Gasteiger partial charge >= 0.3 is 0 Å². The van der Waals surface area contributed by atoms with Gasteiger partial charge in [-0.15, -0.1) is 0 Å². The predicted molar refractivity (Wildman–Crippen MR) is 85.5 cm³/mol. The minimum absolute atomic E-state index is 0.254. The number of ether oxygens (including phenoxy) is 2. The number of rotatable bonds is 4. The second kappa shape index (κ2) is 6.30. The molecule has 1 aliphatic heterocycles. The van der Waals surface area contributed by atoms with Gasteiger partial charge in [0.2, 0.25) is 5.88 Å². The van der Waals surface area contributed by atoms with Crippen molar-refractivity contribution in [3.8, 4) is 5.88 Å². The van der Waals surface area contributed by atoms with Crippen molar-refractivity contribution in [3.63, 3.8) is 0 Å². The van der Waals surface area contributed by atoms with Gasteiger partial charge < -0.3 is 19.7 Å². The summed E-state index contributed by atoms with van der Waals surface area (Å²) in [5.74, 6) is 0.295. The van der Waals surface area contributed by atoms with Crippen LogP contribution in [0.25, 0.3) is 10.9 Å². The number of aldehydes is 1. The first-order chi connectivity index (χ1) is 11.0. The number of benzene rings is 1. The summed E-state index contributed by atoms with van der Waals surface area (Å²) in [5, 5.41) is 20.4. The molecule has 1 saturated heterocycles. The van der Waals surface area contributed by atoms with Crippen LogP contribution in [0.1, 0.15) is 23.0 Å². The van der Waals surface area contributed by atoms with Crippen LogP contribution in [-0.4, -0.2) is 47.0 Å². The van der Waals surface area contributed by atoms with E-state index in [1.165, 1.54) is 7.11 Å². The molecule has 0 saturated carbocycles. The highest BCUT2D eigenvalue weighted by atomic mass is 35.5. The molecule has 1 aliphatic rings. The van der Waals surface area contributed by atoms with Crippen LogP contribution < -0.4 is 4.74 Å². The second-order valence-corrected chi connectivity index (χ2v) is 6.12. The number of fused-ring (bicyclic) bond motifs is 1. The fourth-order valence-electron chi connectivity index (χ4n) is 2.95. The van der Waals surface area contributed by atoms with Crippen molar-refractivity contribution >= 4 is 40.4 Å². The number of nitrogens with zero attached hydrogens (tertiary/aromatic N) is 1. The third-order valence-corrected chi connectivity index (χ3v) is 4.74. The first-order valence-corrected chi connectivity index (χ1v) is 7.73. The molecule has 3 atom stereocenters. The Bertz CT molecular complexity index is 760. The van der Waals surface area contributed by atoms with E-state index in [0.29, 0.717) is 38.7 Å². The Morgan fingerprint density at radius 3 is 2.70 bits per heavy atom. The van der Waals surface area contributed by atoms with Crippen molar-refractivity contribution in [3.05, 3.63) is 27.7 Å². The van der Waals surface area contributed by atoms with Gasteiger partial charge in [0, 0.05) is 11.8 Å². The number of carbonyl (C=O) groups is 1. The van der Waals surface area contributed by atoms with Crippen LogP contribution in [0, 0.1) is 0 Å². The van der Waals surface area contributed by atoms with Crippen LogP contribution >= 0.6 is 23.2 Å². The fourth-order valence-corrected chi connectivity index (χ4v) is 3.27. The normalized spacial score (nSPS) is 24.3. The van der Waals surface area contributed by atoms with E-state index in [0.717, 1.165) is 0 Å². The third-order valence-electron chi connectivity index (χ3n) is 4.02. The molecular weight excluding hydrogens is 345 g/mol. The minimum atomic E-state index is -0.811. The largest absolute Gasteiger partial charge is 0.482 e. The lowest BCUT2D eigenvalue weighted by molar-refractivity contribution is -0.0446. The van der Waals surface area contributed by atoms with Gasteiger partial charge in [-0.1, -0.05) is 23.2 Å². The summed E-state index contributed by atoms with van der Waals surface area (Å²) < 4.78 is 12.7. The van der Waals surface area contributed by atoms with Gasteiger partial charge in [-0.05, 0) is 12.1 Å².